The molecule has 0 saturated carbocycles. The molecule has 0 unspecified atom stereocenters. The van der Waals surface area contributed by atoms with Gasteiger partial charge in [0.1, 0.15) is 0 Å². The molecule has 92 valence electrons. The number of aliphatic imine (C=N–C) groups is 1. The fourth-order valence-corrected chi connectivity index (χ4v) is 2.16. The topological polar surface area (TPSA) is 41.6 Å². The summed E-state index contributed by atoms with van der Waals surface area (Å²) in [4.78, 5) is 6.75. The summed E-state index contributed by atoms with van der Waals surface area (Å²) in [5.41, 5.74) is 9.47. The Bertz CT molecular complexity index is 417. The molecule has 0 spiro atoms. The van der Waals surface area contributed by atoms with Gasteiger partial charge in [-0.3, -0.25) is 0 Å². The van der Waals surface area contributed by atoms with Crippen LogP contribution in [0, 0.1) is 13.8 Å². The molecule has 1 aliphatic heterocycles. The Morgan fingerprint density at radius 2 is 1.88 bits per heavy atom. The number of nitrogens with two attached hydrogens (primary N) is 1. The first kappa shape index (κ1) is 12.0. The van der Waals surface area contributed by atoms with Crippen molar-refractivity contribution in [3.05, 3.63) is 29.3 Å². The normalized spacial score (nSPS) is 17.3. The minimum absolute atomic E-state index is 0.665. The zero-order valence-electron chi connectivity index (χ0n) is 10.7. The van der Waals surface area contributed by atoms with Crippen LogP contribution in [-0.4, -0.2) is 23.9 Å². The third-order valence-corrected chi connectivity index (χ3v) is 3.28. The van der Waals surface area contributed by atoms with Crippen LogP contribution in [0.25, 0.3) is 0 Å². The summed E-state index contributed by atoms with van der Waals surface area (Å²) < 4.78 is 0. The average Bonchev–Trinajstić information content (AvgIpc) is 2.35. The molecule has 3 heteroatoms. The molecule has 0 bridgehead atoms. The van der Waals surface area contributed by atoms with Gasteiger partial charge in [-0.15, -0.1) is 0 Å². The van der Waals surface area contributed by atoms with Crippen molar-refractivity contribution >= 4 is 11.6 Å². The summed E-state index contributed by atoms with van der Waals surface area (Å²) in [7, 11) is 0. The highest BCUT2D eigenvalue weighted by Gasteiger charge is 2.12. The van der Waals surface area contributed by atoms with E-state index in [1.165, 1.54) is 30.4 Å². The second kappa shape index (κ2) is 5.21. The average molecular weight is 231 g/mol. The van der Waals surface area contributed by atoms with Crippen LogP contribution >= 0.6 is 0 Å². The fraction of sp³-hybridized carbons (Fsp3) is 0.500. The second-order valence-electron chi connectivity index (χ2n) is 4.81. The monoisotopic (exact) mass is 231 g/mol. The third-order valence-electron chi connectivity index (χ3n) is 3.28. The molecule has 0 radical (unpaired) electrons. The fourth-order valence-electron chi connectivity index (χ4n) is 2.16. The maximum absolute atomic E-state index is 6.08. The maximum atomic E-state index is 6.08. The van der Waals surface area contributed by atoms with E-state index in [0.29, 0.717) is 5.96 Å². The number of nitrogens with zero attached hydrogens (tertiary/aromatic N) is 2. The highest BCUT2D eigenvalue weighted by molar-refractivity contribution is 5.81. The molecule has 0 aromatic heterocycles. The second-order valence-corrected chi connectivity index (χ2v) is 4.81. The summed E-state index contributed by atoms with van der Waals surface area (Å²) in [6.45, 7) is 6.23. The predicted octanol–water partition coefficient (Wildman–Crippen LogP) is 2.74. The number of piperidine rings is 1. The minimum Gasteiger partial charge on any atom is -0.369 e. The van der Waals surface area contributed by atoms with Crippen molar-refractivity contribution in [3.8, 4) is 0 Å². The van der Waals surface area contributed by atoms with Crippen molar-refractivity contribution < 1.29 is 0 Å². The van der Waals surface area contributed by atoms with Crippen LogP contribution in [0.4, 0.5) is 5.69 Å². The lowest BCUT2D eigenvalue weighted by Gasteiger charge is -2.27. The number of rotatable bonds is 1. The van der Waals surface area contributed by atoms with Crippen LogP contribution in [-0.2, 0) is 0 Å². The van der Waals surface area contributed by atoms with Crippen molar-refractivity contribution in [1.29, 1.82) is 0 Å². The summed E-state index contributed by atoms with van der Waals surface area (Å²) >= 11 is 0. The smallest absolute Gasteiger partial charge is 0.196 e. The van der Waals surface area contributed by atoms with Gasteiger partial charge < -0.3 is 10.6 Å². The highest BCUT2D eigenvalue weighted by Crippen LogP contribution is 2.20. The van der Waals surface area contributed by atoms with Gasteiger partial charge in [-0.05, 0) is 50.3 Å². The van der Waals surface area contributed by atoms with Crippen molar-refractivity contribution in [2.24, 2.45) is 10.7 Å². The summed E-state index contributed by atoms with van der Waals surface area (Å²) in [6.07, 6.45) is 3.76. The van der Waals surface area contributed by atoms with Gasteiger partial charge in [-0.25, -0.2) is 4.99 Å². The summed E-state index contributed by atoms with van der Waals surface area (Å²) in [6, 6.07) is 6.29. The number of hydrogen-bond acceptors (Lipinski definition) is 1. The van der Waals surface area contributed by atoms with E-state index in [1.807, 2.05) is 0 Å². The molecule has 1 fully saturated rings. The molecule has 1 aromatic carbocycles. The molecule has 2 N–H and O–H groups in total. The summed E-state index contributed by atoms with van der Waals surface area (Å²) in [5.74, 6) is 0.665. The molecule has 1 aliphatic rings. The van der Waals surface area contributed by atoms with Crippen LogP contribution in [0.5, 0.6) is 0 Å². The first-order valence-electron chi connectivity index (χ1n) is 6.33. The lowest BCUT2D eigenvalue weighted by Crippen LogP contribution is -2.40. The van der Waals surface area contributed by atoms with E-state index in [0.717, 1.165) is 18.8 Å². The molecule has 0 amide bonds. The quantitative estimate of drug-likeness (QED) is 0.596. The van der Waals surface area contributed by atoms with Gasteiger partial charge >= 0.3 is 0 Å². The van der Waals surface area contributed by atoms with Crippen molar-refractivity contribution in [2.45, 2.75) is 33.1 Å². The van der Waals surface area contributed by atoms with E-state index in [2.05, 4.69) is 41.9 Å². The van der Waals surface area contributed by atoms with E-state index in [-0.39, 0.29) is 0 Å². The van der Waals surface area contributed by atoms with Crippen LogP contribution in [0.15, 0.2) is 23.2 Å². The third kappa shape index (κ3) is 2.99. The number of likely N-dealkylation sites (tertiary alicyclic amines) is 1. The van der Waals surface area contributed by atoms with Gasteiger partial charge in [0.25, 0.3) is 0 Å². The number of guanidine groups is 1. The Balaban J connectivity index is 2.19. The molecule has 1 heterocycles. The van der Waals surface area contributed by atoms with Crippen LogP contribution in [0.3, 0.4) is 0 Å². The van der Waals surface area contributed by atoms with Crippen LogP contribution in [0.2, 0.25) is 0 Å². The Labute approximate surface area is 103 Å². The van der Waals surface area contributed by atoms with Gasteiger partial charge in [0.2, 0.25) is 0 Å². The van der Waals surface area contributed by atoms with Crippen LogP contribution < -0.4 is 5.73 Å². The Kier molecular flexibility index (Phi) is 3.67. The zero-order chi connectivity index (χ0) is 12.3. The first-order chi connectivity index (χ1) is 8.16. The Morgan fingerprint density at radius 3 is 2.59 bits per heavy atom. The van der Waals surface area contributed by atoms with Crippen LogP contribution in [0.1, 0.15) is 30.4 Å². The predicted molar refractivity (Wildman–Crippen MR) is 72.6 cm³/mol. The molecular weight excluding hydrogens is 210 g/mol. The van der Waals surface area contributed by atoms with E-state index in [1.54, 1.807) is 0 Å². The van der Waals surface area contributed by atoms with Gasteiger partial charge in [0, 0.05) is 13.1 Å². The van der Waals surface area contributed by atoms with E-state index in [9.17, 15) is 0 Å². The van der Waals surface area contributed by atoms with Crippen molar-refractivity contribution in [2.75, 3.05) is 13.1 Å². The minimum atomic E-state index is 0.665. The largest absolute Gasteiger partial charge is 0.369 e. The van der Waals surface area contributed by atoms with Gasteiger partial charge in [-0.2, -0.15) is 0 Å². The van der Waals surface area contributed by atoms with Crippen molar-refractivity contribution in [1.82, 2.24) is 4.90 Å². The standard InChI is InChI=1S/C14H21N3/c1-11-6-7-12(2)13(10-11)16-14(15)17-8-4-3-5-9-17/h6-7,10H,3-5,8-9H2,1-2H3,(H2,15,16). The molecule has 0 aliphatic carbocycles. The van der Waals surface area contributed by atoms with E-state index < -0.39 is 0 Å². The molecule has 1 aromatic rings. The maximum Gasteiger partial charge on any atom is 0.196 e. The lowest BCUT2D eigenvalue weighted by molar-refractivity contribution is 0.339. The van der Waals surface area contributed by atoms with Gasteiger partial charge in [-0.1, -0.05) is 12.1 Å². The molecular formula is C14H21N3. The molecule has 17 heavy (non-hydrogen) atoms. The SMILES string of the molecule is Cc1ccc(C)c(N=C(N)N2CCCCC2)c1. The van der Waals surface area contributed by atoms with E-state index in [4.69, 9.17) is 5.73 Å². The molecule has 1 saturated heterocycles. The van der Waals surface area contributed by atoms with Crippen molar-refractivity contribution in [3.63, 3.8) is 0 Å². The molecule has 3 nitrogen and oxygen atoms in total. The van der Waals surface area contributed by atoms with E-state index >= 15 is 0 Å². The molecule has 0 atom stereocenters. The Hall–Kier alpha value is -1.51. The summed E-state index contributed by atoms with van der Waals surface area (Å²) in [5, 5.41) is 0. The first-order valence-corrected chi connectivity index (χ1v) is 6.33. The zero-order valence-corrected chi connectivity index (χ0v) is 10.7. The highest BCUT2D eigenvalue weighted by atomic mass is 15.3. The lowest BCUT2D eigenvalue weighted by atomic mass is 10.1. The Morgan fingerprint density at radius 1 is 1.18 bits per heavy atom. The number of benzene rings is 1. The molecule has 2 rings (SSSR count). The number of aryl methyl sites for hydroxylation is 2. The van der Waals surface area contributed by atoms with Gasteiger partial charge in [0.05, 0.1) is 5.69 Å². The van der Waals surface area contributed by atoms with Gasteiger partial charge in [0.15, 0.2) is 5.96 Å². The number of hydrogen-bond donors (Lipinski definition) is 1.